The van der Waals surface area contributed by atoms with Crippen molar-refractivity contribution in [3.05, 3.63) is 22.1 Å². The van der Waals surface area contributed by atoms with Crippen LogP contribution in [0.1, 0.15) is 5.69 Å². The van der Waals surface area contributed by atoms with Gasteiger partial charge in [-0.15, -0.1) is 0 Å². The maximum atomic E-state index is 13.1. The number of nitrogen functional groups attached to an aromatic ring is 1. The Morgan fingerprint density at radius 3 is 3.00 bits per heavy atom. The molecule has 13 heavy (non-hydrogen) atoms. The zero-order valence-electron chi connectivity index (χ0n) is 6.77. The van der Waals surface area contributed by atoms with E-state index in [0.29, 0.717) is 4.47 Å². The van der Waals surface area contributed by atoms with Crippen LogP contribution in [0.25, 0.3) is 10.1 Å². The van der Waals surface area contributed by atoms with Crippen molar-refractivity contribution >= 4 is 43.2 Å². The van der Waals surface area contributed by atoms with Gasteiger partial charge in [-0.25, -0.2) is 4.39 Å². The highest BCUT2D eigenvalue weighted by Gasteiger charge is 2.12. The van der Waals surface area contributed by atoms with E-state index in [2.05, 4.69) is 20.3 Å². The zero-order chi connectivity index (χ0) is 9.59. The molecule has 0 aliphatic rings. The molecule has 0 saturated heterocycles. The summed E-state index contributed by atoms with van der Waals surface area (Å²) in [5.41, 5.74) is 6.55. The van der Waals surface area contributed by atoms with Crippen LogP contribution in [0, 0.1) is 12.7 Å². The summed E-state index contributed by atoms with van der Waals surface area (Å²) in [5.74, 6) is -0.400. The second kappa shape index (κ2) is 2.92. The molecule has 2 rings (SSSR count). The van der Waals surface area contributed by atoms with Crippen LogP contribution < -0.4 is 5.73 Å². The number of anilines is 1. The lowest BCUT2D eigenvalue weighted by molar-refractivity contribution is 0.634. The average Bonchev–Trinajstić information content (AvgIpc) is 2.43. The second-order valence-electron chi connectivity index (χ2n) is 2.73. The molecule has 0 bridgehead atoms. The van der Waals surface area contributed by atoms with Gasteiger partial charge in [-0.05, 0) is 40.5 Å². The summed E-state index contributed by atoms with van der Waals surface area (Å²) in [7, 11) is 0. The molecule has 1 aromatic heterocycles. The number of fused-ring (bicyclic) bond motifs is 1. The van der Waals surface area contributed by atoms with Gasteiger partial charge in [0, 0.05) is 5.39 Å². The first kappa shape index (κ1) is 8.90. The summed E-state index contributed by atoms with van der Waals surface area (Å²) < 4.78 is 18.7. The number of halogens is 2. The number of hydrogen-bond acceptors (Lipinski definition) is 3. The van der Waals surface area contributed by atoms with Crippen molar-refractivity contribution in [1.82, 2.24) is 4.37 Å². The first-order chi connectivity index (χ1) is 6.11. The lowest BCUT2D eigenvalue weighted by Crippen LogP contribution is -1.92. The maximum absolute atomic E-state index is 13.1. The maximum Gasteiger partial charge on any atom is 0.148 e. The molecule has 68 valence electrons. The molecule has 1 heterocycles. The van der Waals surface area contributed by atoms with Crippen molar-refractivity contribution < 1.29 is 4.39 Å². The Morgan fingerprint density at radius 2 is 2.31 bits per heavy atom. The number of nitrogens with two attached hydrogens (primary N) is 1. The van der Waals surface area contributed by atoms with Gasteiger partial charge in [0.05, 0.1) is 20.6 Å². The Kier molecular flexibility index (Phi) is 2.00. The van der Waals surface area contributed by atoms with Crippen molar-refractivity contribution in [1.29, 1.82) is 0 Å². The molecule has 0 atom stereocenters. The average molecular weight is 261 g/mol. The van der Waals surface area contributed by atoms with Crippen molar-refractivity contribution in [2.75, 3.05) is 5.73 Å². The van der Waals surface area contributed by atoms with Crippen molar-refractivity contribution in [3.8, 4) is 0 Å². The molecular formula is C8H6BrFN2S. The molecule has 2 nitrogen and oxygen atoms in total. The van der Waals surface area contributed by atoms with Gasteiger partial charge in [0.15, 0.2) is 0 Å². The SMILES string of the molecule is Cc1nsc2cc(F)c(N)c(Br)c12. The Morgan fingerprint density at radius 1 is 1.62 bits per heavy atom. The number of aryl methyl sites for hydroxylation is 1. The summed E-state index contributed by atoms with van der Waals surface area (Å²) in [6, 6.07) is 1.42. The summed E-state index contributed by atoms with van der Waals surface area (Å²) in [5, 5.41) is 0.906. The summed E-state index contributed by atoms with van der Waals surface area (Å²) in [4.78, 5) is 0. The molecule has 0 spiro atoms. The largest absolute Gasteiger partial charge is 0.395 e. The standard InChI is InChI=1S/C8H6BrFN2S/c1-3-6-5(13-12-3)2-4(10)8(11)7(6)9/h2H,11H2,1H3. The monoisotopic (exact) mass is 260 g/mol. The molecule has 5 heteroatoms. The van der Waals surface area contributed by atoms with Crippen molar-refractivity contribution in [2.45, 2.75) is 6.92 Å². The fourth-order valence-corrected chi connectivity index (χ4v) is 2.83. The van der Waals surface area contributed by atoms with Gasteiger partial charge in [-0.1, -0.05) is 0 Å². The minimum atomic E-state index is -0.400. The fourth-order valence-electron chi connectivity index (χ4n) is 1.19. The Hall–Kier alpha value is -0.680. The molecule has 0 radical (unpaired) electrons. The van der Waals surface area contributed by atoms with E-state index in [-0.39, 0.29) is 5.69 Å². The van der Waals surface area contributed by atoms with Gasteiger partial charge in [0.25, 0.3) is 0 Å². The first-order valence-corrected chi connectivity index (χ1v) is 5.17. The highest BCUT2D eigenvalue weighted by Crippen LogP contribution is 2.35. The Bertz CT molecular complexity index is 480. The van der Waals surface area contributed by atoms with Gasteiger partial charge >= 0.3 is 0 Å². The molecule has 0 amide bonds. The van der Waals surface area contributed by atoms with E-state index in [0.717, 1.165) is 15.8 Å². The molecule has 0 saturated carbocycles. The molecule has 0 unspecified atom stereocenters. The van der Waals surface area contributed by atoms with E-state index in [4.69, 9.17) is 5.73 Å². The third-order valence-electron chi connectivity index (χ3n) is 1.86. The van der Waals surface area contributed by atoms with E-state index in [1.807, 2.05) is 6.92 Å². The van der Waals surface area contributed by atoms with Crippen LogP contribution in [0.3, 0.4) is 0 Å². The van der Waals surface area contributed by atoms with E-state index in [1.165, 1.54) is 17.6 Å². The quantitative estimate of drug-likeness (QED) is 0.740. The van der Waals surface area contributed by atoms with E-state index < -0.39 is 5.82 Å². The Labute approximate surface area is 86.9 Å². The second-order valence-corrected chi connectivity index (χ2v) is 4.33. The van der Waals surface area contributed by atoms with Crippen LogP contribution in [-0.4, -0.2) is 4.37 Å². The van der Waals surface area contributed by atoms with Gasteiger partial charge < -0.3 is 5.73 Å². The third-order valence-corrected chi connectivity index (χ3v) is 3.57. The first-order valence-electron chi connectivity index (χ1n) is 3.60. The van der Waals surface area contributed by atoms with Gasteiger partial charge in [0.1, 0.15) is 5.82 Å². The van der Waals surface area contributed by atoms with E-state index in [1.54, 1.807) is 0 Å². The summed E-state index contributed by atoms with van der Waals surface area (Å²) >= 11 is 4.54. The van der Waals surface area contributed by atoms with Crippen LogP contribution in [0.15, 0.2) is 10.5 Å². The number of hydrogen-bond donors (Lipinski definition) is 1. The topological polar surface area (TPSA) is 38.9 Å². The predicted octanol–water partition coefficient (Wildman–Crippen LogP) is 3.09. The lowest BCUT2D eigenvalue weighted by atomic mass is 10.2. The fraction of sp³-hybridized carbons (Fsp3) is 0.125. The number of nitrogens with zero attached hydrogens (tertiary/aromatic N) is 1. The van der Waals surface area contributed by atoms with Crippen molar-refractivity contribution in [2.24, 2.45) is 0 Å². The van der Waals surface area contributed by atoms with Crippen LogP contribution in [-0.2, 0) is 0 Å². The normalized spacial score (nSPS) is 11.0. The molecule has 1 aromatic carbocycles. The van der Waals surface area contributed by atoms with Crippen LogP contribution in [0.2, 0.25) is 0 Å². The minimum Gasteiger partial charge on any atom is -0.395 e. The van der Waals surface area contributed by atoms with Gasteiger partial charge in [-0.2, -0.15) is 4.37 Å². The molecule has 0 aliphatic heterocycles. The van der Waals surface area contributed by atoms with Crippen LogP contribution in [0.5, 0.6) is 0 Å². The molecule has 0 fully saturated rings. The summed E-state index contributed by atoms with van der Waals surface area (Å²) in [6.45, 7) is 1.88. The van der Waals surface area contributed by atoms with E-state index >= 15 is 0 Å². The third kappa shape index (κ3) is 1.23. The minimum absolute atomic E-state index is 0.149. The van der Waals surface area contributed by atoms with Crippen LogP contribution >= 0.6 is 27.5 Å². The molecule has 2 N–H and O–H groups in total. The number of aromatic nitrogens is 1. The lowest BCUT2D eigenvalue weighted by Gasteiger charge is -2.01. The van der Waals surface area contributed by atoms with Gasteiger partial charge in [-0.3, -0.25) is 0 Å². The molecular weight excluding hydrogens is 255 g/mol. The number of benzene rings is 1. The summed E-state index contributed by atoms with van der Waals surface area (Å²) in [6.07, 6.45) is 0. The van der Waals surface area contributed by atoms with Crippen molar-refractivity contribution in [3.63, 3.8) is 0 Å². The number of rotatable bonds is 0. The predicted molar refractivity (Wildman–Crippen MR) is 56.4 cm³/mol. The zero-order valence-corrected chi connectivity index (χ0v) is 9.17. The van der Waals surface area contributed by atoms with E-state index in [9.17, 15) is 4.39 Å². The highest BCUT2D eigenvalue weighted by molar-refractivity contribution is 9.10. The highest BCUT2D eigenvalue weighted by atomic mass is 79.9. The van der Waals surface area contributed by atoms with Crippen LogP contribution in [0.4, 0.5) is 10.1 Å². The molecule has 0 aliphatic carbocycles. The van der Waals surface area contributed by atoms with Gasteiger partial charge in [0.2, 0.25) is 0 Å². The molecule has 2 aromatic rings. The smallest absolute Gasteiger partial charge is 0.148 e. The Balaban J connectivity index is 2.97.